The molecule has 4 heteroatoms. The molecule has 1 atom stereocenters. The van der Waals surface area contributed by atoms with Crippen LogP contribution < -0.4 is 0 Å². The molecule has 1 aromatic heterocycles. The average molecular weight is 204 g/mol. The van der Waals surface area contributed by atoms with Crippen molar-refractivity contribution in [3.63, 3.8) is 0 Å². The fraction of sp³-hybridized carbons (Fsp3) is 0.182. The van der Waals surface area contributed by atoms with Crippen molar-refractivity contribution in [2.75, 3.05) is 0 Å². The number of carbonyl (C=O) groups is 1. The second-order valence-corrected chi connectivity index (χ2v) is 3.59. The van der Waals surface area contributed by atoms with Gasteiger partial charge >= 0.3 is 5.97 Å². The van der Waals surface area contributed by atoms with Crippen LogP contribution in [0.1, 0.15) is 12.5 Å². The average Bonchev–Trinajstić information content (AvgIpc) is 2.61. The van der Waals surface area contributed by atoms with Gasteiger partial charge in [0.2, 0.25) is 5.60 Å². The van der Waals surface area contributed by atoms with Gasteiger partial charge in [0.15, 0.2) is 0 Å². The van der Waals surface area contributed by atoms with Crippen LogP contribution in [0.3, 0.4) is 0 Å². The van der Waals surface area contributed by atoms with E-state index in [4.69, 9.17) is 5.11 Å². The summed E-state index contributed by atoms with van der Waals surface area (Å²) in [4.78, 5) is 13.7. The van der Waals surface area contributed by atoms with Gasteiger partial charge in [-0.25, -0.2) is 9.90 Å². The lowest BCUT2D eigenvalue weighted by Gasteiger charge is -2.13. The van der Waals surface area contributed by atoms with Gasteiger partial charge < -0.3 is 10.1 Å². The molecule has 77 valence electrons. The highest BCUT2D eigenvalue weighted by Gasteiger charge is 2.36. The topological polar surface area (TPSA) is 73.0 Å². The molecule has 0 saturated heterocycles. The van der Waals surface area contributed by atoms with Crippen molar-refractivity contribution in [2.24, 2.45) is 0 Å². The van der Waals surface area contributed by atoms with E-state index in [1.165, 1.54) is 6.20 Å². The summed E-state index contributed by atoms with van der Waals surface area (Å²) in [6, 6.07) is 7.14. The van der Waals surface area contributed by atoms with Crippen LogP contribution in [0.5, 0.6) is 0 Å². The molecule has 0 saturated carbocycles. The Hall–Kier alpha value is -1.81. The van der Waals surface area contributed by atoms with Gasteiger partial charge in [-0.3, -0.25) is 0 Å². The van der Waals surface area contributed by atoms with Crippen molar-refractivity contribution < 1.29 is 15.0 Å². The van der Waals surface area contributed by atoms with E-state index >= 15 is 0 Å². The highest BCUT2D eigenvalue weighted by molar-refractivity contribution is 5.90. The maximum atomic E-state index is 11.9. The minimum absolute atomic E-state index is 0.269. The van der Waals surface area contributed by atoms with Gasteiger partial charge in [0.05, 0.1) is 0 Å². The molecule has 1 unspecified atom stereocenters. The number of hydrogen-bond acceptors (Lipinski definition) is 1. The maximum absolute atomic E-state index is 11.9. The van der Waals surface area contributed by atoms with Gasteiger partial charge in [-0.1, -0.05) is 18.2 Å². The maximum Gasteiger partial charge on any atom is 0.343 e. The molecular formula is C11H10NO3. The first-order chi connectivity index (χ1) is 7.03. The summed E-state index contributed by atoms with van der Waals surface area (Å²) < 4.78 is 0. The molecular weight excluding hydrogens is 194 g/mol. The molecule has 0 fully saturated rings. The lowest BCUT2D eigenvalue weighted by Crippen LogP contribution is -2.29. The minimum atomic E-state index is -2.11. The summed E-state index contributed by atoms with van der Waals surface area (Å²) >= 11 is 0. The molecule has 4 nitrogen and oxygen atoms in total. The van der Waals surface area contributed by atoms with E-state index < -0.39 is 11.6 Å². The van der Waals surface area contributed by atoms with Crippen molar-refractivity contribution in [1.82, 2.24) is 4.98 Å². The Balaban J connectivity index is 2.67. The molecule has 15 heavy (non-hydrogen) atoms. The molecule has 0 aliphatic heterocycles. The number of carboxylic acid groups (broad SMARTS) is 1. The van der Waals surface area contributed by atoms with Gasteiger partial charge in [-0.15, -0.1) is 0 Å². The molecule has 0 bridgehead atoms. The summed E-state index contributed by atoms with van der Waals surface area (Å²) in [5.74, 6) is -1.37. The van der Waals surface area contributed by atoms with E-state index in [0.29, 0.717) is 5.39 Å². The van der Waals surface area contributed by atoms with Crippen LogP contribution in [0.15, 0.2) is 30.5 Å². The molecule has 1 aromatic carbocycles. The van der Waals surface area contributed by atoms with Crippen molar-refractivity contribution in [1.29, 1.82) is 0 Å². The molecule has 2 rings (SSSR count). The summed E-state index contributed by atoms with van der Waals surface area (Å²) in [7, 11) is 0. The van der Waals surface area contributed by atoms with Crippen molar-refractivity contribution in [3.8, 4) is 0 Å². The third-order valence-corrected chi connectivity index (χ3v) is 2.51. The number of aromatic amines is 1. The van der Waals surface area contributed by atoms with E-state index in [9.17, 15) is 9.90 Å². The first-order valence-corrected chi connectivity index (χ1v) is 4.54. The zero-order valence-corrected chi connectivity index (χ0v) is 8.15. The summed E-state index contributed by atoms with van der Waals surface area (Å²) in [5.41, 5.74) is -1.07. The second-order valence-electron chi connectivity index (χ2n) is 3.59. The molecule has 1 heterocycles. The van der Waals surface area contributed by atoms with E-state index in [1.807, 2.05) is 6.07 Å². The number of nitrogens with one attached hydrogen (secondary N) is 1. The number of carboxylic acids is 1. The monoisotopic (exact) mass is 204 g/mol. The smallest absolute Gasteiger partial charge is 0.343 e. The van der Waals surface area contributed by atoms with Crippen molar-refractivity contribution in [3.05, 3.63) is 36.0 Å². The molecule has 0 aliphatic rings. The van der Waals surface area contributed by atoms with Crippen molar-refractivity contribution >= 4 is 16.9 Å². The van der Waals surface area contributed by atoms with Gasteiger partial charge in [-0.2, -0.15) is 0 Å². The fourth-order valence-electron chi connectivity index (χ4n) is 1.58. The number of aliphatic carboxylic acids is 1. The highest BCUT2D eigenvalue weighted by atomic mass is 16.4. The Morgan fingerprint density at radius 1 is 1.40 bits per heavy atom. The number of benzene rings is 1. The van der Waals surface area contributed by atoms with Crippen LogP contribution >= 0.6 is 0 Å². The number of hydrogen-bond donors (Lipinski definition) is 2. The highest BCUT2D eigenvalue weighted by Crippen LogP contribution is 2.29. The molecule has 0 spiro atoms. The number of para-hydroxylation sites is 1. The summed E-state index contributed by atoms with van der Waals surface area (Å²) in [5, 5.41) is 21.4. The van der Waals surface area contributed by atoms with Crippen LogP contribution in [0.25, 0.3) is 10.9 Å². The number of aromatic nitrogens is 1. The standard InChI is InChI=1S/C11H10NO3/c1-11(15,10(13)14)8-6-12-9-5-3-2-4-7(8)9/h2-6,12H,1H3,(H,13,14). The largest absolute Gasteiger partial charge is 0.479 e. The van der Waals surface area contributed by atoms with Crippen LogP contribution in [0, 0.1) is 0 Å². The molecule has 1 radical (unpaired) electrons. The molecule has 0 amide bonds. The van der Waals surface area contributed by atoms with Crippen LogP contribution in [-0.2, 0) is 15.5 Å². The van der Waals surface area contributed by atoms with Crippen LogP contribution in [0.2, 0.25) is 0 Å². The second kappa shape index (κ2) is 3.10. The van der Waals surface area contributed by atoms with E-state index in [-0.39, 0.29) is 5.56 Å². The minimum Gasteiger partial charge on any atom is -0.479 e. The van der Waals surface area contributed by atoms with Crippen LogP contribution in [0.4, 0.5) is 0 Å². The Morgan fingerprint density at radius 2 is 2.07 bits per heavy atom. The Labute approximate surface area is 86.2 Å². The number of rotatable bonds is 2. The zero-order chi connectivity index (χ0) is 11.1. The Bertz CT molecular complexity index is 513. The third-order valence-electron chi connectivity index (χ3n) is 2.51. The van der Waals surface area contributed by atoms with Gasteiger partial charge in [0, 0.05) is 22.7 Å². The van der Waals surface area contributed by atoms with Gasteiger partial charge in [0.1, 0.15) is 0 Å². The predicted octanol–water partition coefficient (Wildman–Crippen LogP) is 1.90. The van der Waals surface area contributed by atoms with Gasteiger partial charge in [-0.05, 0) is 13.0 Å². The third kappa shape index (κ3) is 1.39. The number of fused-ring (bicyclic) bond motifs is 1. The lowest BCUT2D eigenvalue weighted by molar-refractivity contribution is -0.164. The lowest BCUT2D eigenvalue weighted by atomic mass is 9.96. The summed E-state index contributed by atoms with van der Waals surface area (Å²) in [6.45, 7) is 1.16. The summed E-state index contributed by atoms with van der Waals surface area (Å²) in [6.07, 6.45) is 1.46. The zero-order valence-electron chi connectivity index (χ0n) is 8.15. The van der Waals surface area contributed by atoms with Crippen molar-refractivity contribution in [2.45, 2.75) is 12.5 Å². The van der Waals surface area contributed by atoms with E-state index in [1.54, 1.807) is 18.2 Å². The number of H-pyrrole nitrogens is 1. The van der Waals surface area contributed by atoms with E-state index in [0.717, 1.165) is 12.4 Å². The normalized spacial score (nSPS) is 15.1. The Kier molecular flexibility index (Phi) is 2.01. The van der Waals surface area contributed by atoms with E-state index in [2.05, 4.69) is 4.98 Å². The first kappa shape index (κ1) is 9.73. The molecule has 2 aromatic rings. The molecule has 0 aliphatic carbocycles. The molecule has 2 N–H and O–H groups in total. The SMILES string of the molecule is CC([O])(C(=O)O)c1c[nH]c2ccccc12. The van der Waals surface area contributed by atoms with Gasteiger partial charge in [0.25, 0.3) is 0 Å². The first-order valence-electron chi connectivity index (χ1n) is 4.54. The Morgan fingerprint density at radius 3 is 2.73 bits per heavy atom. The quantitative estimate of drug-likeness (QED) is 0.784. The van der Waals surface area contributed by atoms with Crippen LogP contribution in [-0.4, -0.2) is 16.1 Å². The predicted molar refractivity (Wildman–Crippen MR) is 54.0 cm³/mol. The fourth-order valence-corrected chi connectivity index (χ4v) is 1.58.